The van der Waals surface area contributed by atoms with Gasteiger partial charge < -0.3 is 11.1 Å². The number of terminal acetylenes is 1. The van der Waals surface area contributed by atoms with Crippen molar-refractivity contribution in [1.82, 2.24) is 5.32 Å². The monoisotopic (exact) mass is 213 g/mol. The van der Waals surface area contributed by atoms with Crippen LogP contribution in [0.3, 0.4) is 0 Å². The van der Waals surface area contributed by atoms with E-state index in [4.69, 9.17) is 12.2 Å². The predicted octanol–water partition coefficient (Wildman–Crippen LogP) is 1.06. The van der Waals surface area contributed by atoms with Gasteiger partial charge in [0, 0.05) is 11.3 Å². The van der Waals surface area contributed by atoms with Gasteiger partial charge in [-0.1, -0.05) is 5.92 Å². The lowest BCUT2D eigenvalue weighted by Crippen LogP contribution is -2.45. The van der Waals surface area contributed by atoms with Crippen LogP contribution in [0.5, 0.6) is 0 Å². The van der Waals surface area contributed by atoms with Gasteiger partial charge in [-0.3, -0.25) is 4.99 Å². The summed E-state index contributed by atoms with van der Waals surface area (Å²) in [5.41, 5.74) is 5.64. The van der Waals surface area contributed by atoms with Crippen LogP contribution in [0.1, 0.15) is 20.8 Å². The molecule has 0 bridgehead atoms. The van der Waals surface area contributed by atoms with Crippen LogP contribution in [0.15, 0.2) is 4.99 Å². The number of nitrogens with one attached hydrogen (secondary N) is 1. The van der Waals surface area contributed by atoms with Crippen LogP contribution >= 0.6 is 11.8 Å². The van der Waals surface area contributed by atoms with Gasteiger partial charge in [-0.05, 0) is 20.8 Å². The standard InChI is InChI=1S/C10H19N3S/c1-5-7-14-8-6-12-9(11)13-10(2,3)4/h1H,6-8H2,2-4H3,(H3,11,12,13). The van der Waals surface area contributed by atoms with Gasteiger partial charge in [0.25, 0.3) is 0 Å². The van der Waals surface area contributed by atoms with E-state index in [-0.39, 0.29) is 5.54 Å². The Kier molecular flexibility index (Phi) is 6.22. The molecule has 3 N–H and O–H groups in total. The first kappa shape index (κ1) is 13.2. The van der Waals surface area contributed by atoms with Crippen molar-refractivity contribution in [1.29, 1.82) is 0 Å². The van der Waals surface area contributed by atoms with Crippen molar-refractivity contribution in [2.24, 2.45) is 10.7 Å². The molecule has 0 aliphatic rings. The Labute approximate surface area is 90.9 Å². The Balaban J connectivity index is 3.63. The van der Waals surface area contributed by atoms with Gasteiger partial charge in [0.2, 0.25) is 0 Å². The van der Waals surface area contributed by atoms with Crippen molar-refractivity contribution in [3.05, 3.63) is 0 Å². The lowest BCUT2D eigenvalue weighted by atomic mass is 10.1. The van der Waals surface area contributed by atoms with E-state index in [0.29, 0.717) is 12.5 Å². The maximum atomic E-state index is 5.66. The van der Waals surface area contributed by atoms with Crippen LogP contribution in [0.4, 0.5) is 0 Å². The predicted molar refractivity (Wildman–Crippen MR) is 65.5 cm³/mol. The van der Waals surface area contributed by atoms with Crippen LogP contribution in [0.25, 0.3) is 0 Å². The molecule has 0 aromatic heterocycles. The molecule has 0 saturated carbocycles. The maximum absolute atomic E-state index is 5.66. The SMILES string of the molecule is C#CCSCCN=C(N)NC(C)(C)C. The Morgan fingerprint density at radius 3 is 2.71 bits per heavy atom. The fourth-order valence-corrected chi connectivity index (χ4v) is 1.27. The number of thioether (sulfide) groups is 1. The van der Waals surface area contributed by atoms with E-state index in [9.17, 15) is 0 Å². The van der Waals surface area contributed by atoms with Gasteiger partial charge in [-0.2, -0.15) is 0 Å². The first-order valence-electron chi connectivity index (χ1n) is 4.55. The third-order valence-corrected chi connectivity index (χ3v) is 2.05. The summed E-state index contributed by atoms with van der Waals surface area (Å²) in [5, 5.41) is 3.09. The molecule has 0 aliphatic carbocycles. The summed E-state index contributed by atoms with van der Waals surface area (Å²) in [6.07, 6.45) is 5.11. The summed E-state index contributed by atoms with van der Waals surface area (Å²) >= 11 is 1.69. The van der Waals surface area contributed by atoms with E-state index < -0.39 is 0 Å². The summed E-state index contributed by atoms with van der Waals surface area (Å²) in [6.45, 7) is 6.84. The largest absolute Gasteiger partial charge is 0.370 e. The molecule has 0 unspecified atom stereocenters. The first-order valence-corrected chi connectivity index (χ1v) is 5.70. The van der Waals surface area contributed by atoms with Gasteiger partial charge in [0.1, 0.15) is 0 Å². The Morgan fingerprint density at radius 2 is 2.21 bits per heavy atom. The van der Waals surface area contributed by atoms with Crippen LogP contribution in [0, 0.1) is 12.3 Å². The van der Waals surface area contributed by atoms with Crippen LogP contribution in [-0.2, 0) is 0 Å². The van der Waals surface area contributed by atoms with Gasteiger partial charge in [0.15, 0.2) is 5.96 Å². The van der Waals surface area contributed by atoms with Crippen molar-refractivity contribution in [2.75, 3.05) is 18.1 Å². The van der Waals surface area contributed by atoms with Crippen molar-refractivity contribution in [3.8, 4) is 12.3 Å². The molecule has 0 spiro atoms. The minimum atomic E-state index is -0.0282. The van der Waals surface area contributed by atoms with Crippen LogP contribution in [0.2, 0.25) is 0 Å². The normalized spacial score (nSPS) is 12.3. The van der Waals surface area contributed by atoms with Crippen molar-refractivity contribution >= 4 is 17.7 Å². The molecule has 0 radical (unpaired) electrons. The fourth-order valence-electron chi connectivity index (χ4n) is 0.785. The van der Waals surface area contributed by atoms with Crippen LogP contribution in [-0.4, -0.2) is 29.5 Å². The molecule has 0 aromatic carbocycles. The van der Waals surface area contributed by atoms with Gasteiger partial charge in [0.05, 0.1) is 12.3 Å². The number of hydrogen-bond donors (Lipinski definition) is 2. The molecule has 0 aliphatic heterocycles. The minimum absolute atomic E-state index is 0.0282. The fraction of sp³-hybridized carbons (Fsp3) is 0.700. The summed E-state index contributed by atoms with van der Waals surface area (Å²) in [4.78, 5) is 4.18. The topological polar surface area (TPSA) is 50.4 Å². The van der Waals surface area contributed by atoms with E-state index >= 15 is 0 Å². The molecular weight excluding hydrogens is 194 g/mol. The van der Waals surface area contributed by atoms with Crippen LogP contribution < -0.4 is 11.1 Å². The Morgan fingerprint density at radius 1 is 1.57 bits per heavy atom. The first-order chi connectivity index (χ1) is 6.45. The Hall–Kier alpha value is -0.820. The molecule has 0 saturated heterocycles. The van der Waals surface area contributed by atoms with Crippen molar-refractivity contribution in [3.63, 3.8) is 0 Å². The van der Waals surface area contributed by atoms with Gasteiger partial charge >= 0.3 is 0 Å². The molecular formula is C10H19N3S. The molecule has 14 heavy (non-hydrogen) atoms. The van der Waals surface area contributed by atoms with Gasteiger partial charge in [-0.25, -0.2) is 0 Å². The second-order valence-electron chi connectivity index (χ2n) is 3.90. The summed E-state index contributed by atoms with van der Waals surface area (Å²) in [5.74, 6) is 4.71. The average Bonchev–Trinajstić information content (AvgIpc) is 2.00. The number of nitrogens with zero attached hydrogens (tertiary/aromatic N) is 1. The maximum Gasteiger partial charge on any atom is 0.189 e. The quantitative estimate of drug-likeness (QED) is 0.318. The highest BCUT2D eigenvalue weighted by atomic mass is 32.2. The van der Waals surface area contributed by atoms with E-state index in [1.165, 1.54) is 0 Å². The lowest BCUT2D eigenvalue weighted by Gasteiger charge is -2.20. The number of guanidine groups is 1. The zero-order valence-electron chi connectivity index (χ0n) is 9.13. The Bertz CT molecular complexity index is 223. The van der Waals surface area contributed by atoms with E-state index in [2.05, 4.69) is 16.2 Å². The highest BCUT2D eigenvalue weighted by molar-refractivity contribution is 7.99. The lowest BCUT2D eigenvalue weighted by molar-refractivity contribution is 0.508. The summed E-state index contributed by atoms with van der Waals surface area (Å²) in [7, 11) is 0. The smallest absolute Gasteiger partial charge is 0.189 e. The van der Waals surface area contributed by atoms with Crippen molar-refractivity contribution < 1.29 is 0 Å². The van der Waals surface area contributed by atoms with E-state index in [0.717, 1.165) is 11.5 Å². The third kappa shape index (κ3) is 9.27. The van der Waals surface area contributed by atoms with Crippen molar-refractivity contribution in [2.45, 2.75) is 26.3 Å². The molecule has 0 fully saturated rings. The average molecular weight is 213 g/mol. The molecule has 80 valence electrons. The second-order valence-corrected chi connectivity index (χ2v) is 5.00. The third-order valence-electron chi connectivity index (χ3n) is 1.21. The molecule has 4 heteroatoms. The minimum Gasteiger partial charge on any atom is -0.370 e. The number of rotatable bonds is 4. The number of aliphatic imine (C=N–C) groups is 1. The highest BCUT2D eigenvalue weighted by Crippen LogP contribution is 1.98. The molecule has 3 nitrogen and oxygen atoms in total. The molecule has 0 heterocycles. The molecule has 0 aromatic rings. The number of nitrogens with two attached hydrogens (primary N) is 1. The molecule has 0 atom stereocenters. The molecule has 0 rings (SSSR count). The second kappa shape index (κ2) is 6.61. The highest BCUT2D eigenvalue weighted by Gasteiger charge is 2.09. The zero-order valence-corrected chi connectivity index (χ0v) is 9.95. The number of hydrogen-bond acceptors (Lipinski definition) is 2. The summed E-state index contributed by atoms with van der Waals surface area (Å²) < 4.78 is 0. The summed E-state index contributed by atoms with van der Waals surface area (Å²) in [6, 6.07) is 0. The molecule has 0 amide bonds. The zero-order chi connectivity index (χ0) is 11.0. The van der Waals surface area contributed by atoms with Gasteiger partial charge in [-0.15, -0.1) is 18.2 Å². The van der Waals surface area contributed by atoms with E-state index in [1.54, 1.807) is 11.8 Å². The van der Waals surface area contributed by atoms with E-state index in [1.807, 2.05) is 20.8 Å².